The van der Waals surface area contributed by atoms with Crippen LogP contribution in [0.25, 0.3) is 0 Å². The number of likely N-dealkylation sites (tertiary alicyclic amines) is 1. The van der Waals surface area contributed by atoms with Crippen LogP contribution >= 0.6 is 0 Å². The molecule has 1 aromatic heterocycles. The maximum Gasteiger partial charge on any atom is 0.356 e. The van der Waals surface area contributed by atoms with E-state index in [-0.39, 0.29) is 5.69 Å². The van der Waals surface area contributed by atoms with Crippen LogP contribution < -0.4 is 5.32 Å². The van der Waals surface area contributed by atoms with E-state index in [1.807, 2.05) is 0 Å². The minimum absolute atomic E-state index is 0.0333. The van der Waals surface area contributed by atoms with Gasteiger partial charge < -0.3 is 15.3 Å². The first-order valence-corrected chi connectivity index (χ1v) is 5.15. The first-order chi connectivity index (χ1) is 7.65. The number of hydrogen-bond acceptors (Lipinski definition) is 5. The van der Waals surface area contributed by atoms with Crippen LogP contribution in [0.3, 0.4) is 0 Å². The Balaban J connectivity index is 1.97. The third-order valence-electron chi connectivity index (χ3n) is 2.61. The van der Waals surface area contributed by atoms with Crippen LogP contribution in [-0.2, 0) is 0 Å². The van der Waals surface area contributed by atoms with Crippen LogP contribution in [0.4, 0.5) is 5.82 Å². The molecule has 1 saturated heterocycles. The average molecular weight is 222 g/mol. The predicted octanol–water partition coefficient (Wildman–Crippen LogP) is 0.291. The van der Waals surface area contributed by atoms with Gasteiger partial charge in [-0.05, 0) is 20.0 Å². The van der Waals surface area contributed by atoms with E-state index in [4.69, 9.17) is 5.11 Å². The number of aromatic carboxylic acids is 1. The zero-order valence-corrected chi connectivity index (χ0v) is 9.05. The van der Waals surface area contributed by atoms with E-state index in [9.17, 15) is 4.79 Å². The first kappa shape index (κ1) is 10.8. The minimum atomic E-state index is -1.06. The van der Waals surface area contributed by atoms with Crippen LogP contribution in [0.15, 0.2) is 12.4 Å². The summed E-state index contributed by atoms with van der Waals surface area (Å²) in [6, 6.07) is 0.370. The molecule has 2 N–H and O–H groups in total. The van der Waals surface area contributed by atoms with E-state index >= 15 is 0 Å². The first-order valence-electron chi connectivity index (χ1n) is 5.15. The molecule has 2 heterocycles. The van der Waals surface area contributed by atoms with Gasteiger partial charge in [0.15, 0.2) is 5.69 Å². The Morgan fingerprint density at radius 2 is 2.38 bits per heavy atom. The number of anilines is 1. The summed E-state index contributed by atoms with van der Waals surface area (Å²) in [5.41, 5.74) is -0.0333. The molecular formula is C10H14N4O2. The molecule has 0 saturated carbocycles. The van der Waals surface area contributed by atoms with E-state index in [0.29, 0.717) is 11.9 Å². The second-order valence-electron chi connectivity index (χ2n) is 3.98. The molecule has 0 bridgehead atoms. The molecule has 1 aliphatic rings. The van der Waals surface area contributed by atoms with Gasteiger partial charge in [0.2, 0.25) is 0 Å². The van der Waals surface area contributed by atoms with Gasteiger partial charge in [0.1, 0.15) is 5.82 Å². The fourth-order valence-corrected chi connectivity index (χ4v) is 1.77. The zero-order chi connectivity index (χ0) is 11.5. The average Bonchev–Trinajstić information content (AvgIpc) is 2.65. The van der Waals surface area contributed by atoms with Crippen LogP contribution in [0.5, 0.6) is 0 Å². The number of carboxylic acid groups (broad SMARTS) is 1. The summed E-state index contributed by atoms with van der Waals surface area (Å²) < 4.78 is 0. The fraction of sp³-hybridized carbons (Fsp3) is 0.500. The van der Waals surface area contributed by atoms with Crippen molar-refractivity contribution < 1.29 is 9.90 Å². The lowest BCUT2D eigenvalue weighted by molar-refractivity contribution is 0.0690. The Morgan fingerprint density at radius 3 is 2.88 bits per heavy atom. The van der Waals surface area contributed by atoms with Crippen LogP contribution in [0, 0.1) is 0 Å². The fourth-order valence-electron chi connectivity index (χ4n) is 1.77. The highest BCUT2D eigenvalue weighted by Gasteiger charge is 2.19. The molecule has 1 aromatic rings. The van der Waals surface area contributed by atoms with Gasteiger partial charge in [-0.25, -0.2) is 14.8 Å². The molecule has 2 rings (SSSR count). The number of nitrogens with one attached hydrogen (secondary N) is 1. The third-order valence-corrected chi connectivity index (χ3v) is 2.61. The molecule has 6 heteroatoms. The number of carbonyl (C=O) groups is 1. The molecule has 1 fully saturated rings. The summed E-state index contributed by atoms with van der Waals surface area (Å²) in [5, 5.41) is 11.9. The van der Waals surface area contributed by atoms with Crippen molar-refractivity contribution in [2.45, 2.75) is 12.5 Å². The van der Waals surface area contributed by atoms with Crippen molar-refractivity contribution in [3.8, 4) is 0 Å². The number of carboxylic acids is 1. The lowest BCUT2D eigenvalue weighted by Crippen LogP contribution is -2.24. The Hall–Kier alpha value is -1.69. The van der Waals surface area contributed by atoms with Crippen molar-refractivity contribution in [3.63, 3.8) is 0 Å². The molecule has 1 atom stereocenters. The van der Waals surface area contributed by atoms with E-state index in [1.165, 1.54) is 12.4 Å². The zero-order valence-electron chi connectivity index (χ0n) is 9.05. The molecule has 0 aliphatic carbocycles. The monoisotopic (exact) mass is 222 g/mol. The molecule has 1 unspecified atom stereocenters. The van der Waals surface area contributed by atoms with Gasteiger partial charge in [0.05, 0.1) is 12.4 Å². The smallest absolute Gasteiger partial charge is 0.356 e. The van der Waals surface area contributed by atoms with Gasteiger partial charge in [-0.2, -0.15) is 0 Å². The van der Waals surface area contributed by atoms with Crippen molar-refractivity contribution in [1.82, 2.24) is 14.9 Å². The van der Waals surface area contributed by atoms with E-state index in [2.05, 4.69) is 27.2 Å². The van der Waals surface area contributed by atoms with Crippen molar-refractivity contribution >= 4 is 11.8 Å². The largest absolute Gasteiger partial charge is 0.476 e. The maximum absolute atomic E-state index is 10.6. The predicted molar refractivity (Wildman–Crippen MR) is 58.5 cm³/mol. The number of rotatable bonds is 3. The second kappa shape index (κ2) is 4.44. The van der Waals surface area contributed by atoms with Gasteiger partial charge in [-0.1, -0.05) is 0 Å². The Kier molecular flexibility index (Phi) is 3.00. The lowest BCUT2D eigenvalue weighted by atomic mass is 10.2. The minimum Gasteiger partial charge on any atom is -0.476 e. The summed E-state index contributed by atoms with van der Waals surface area (Å²) >= 11 is 0. The summed E-state index contributed by atoms with van der Waals surface area (Å²) in [4.78, 5) is 20.6. The van der Waals surface area contributed by atoms with Gasteiger partial charge in [-0.3, -0.25) is 0 Å². The normalized spacial score (nSPS) is 20.9. The molecule has 0 spiro atoms. The summed E-state index contributed by atoms with van der Waals surface area (Å²) in [6.07, 6.45) is 3.80. The van der Waals surface area contributed by atoms with Gasteiger partial charge in [0.25, 0.3) is 0 Å². The molecule has 0 aromatic carbocycles. The maximum atomic E-state index is 10.6. The molecular weight excluding hydrogens is 208 g/mol. The highest BCUT2D eigenvalue weighted by molar-refractivity contribution is 5.84. The van der Waals surface area contributed by atoms with Crippen LogP contribution in [0.2, 0.25) is 0 Å². The molecule has 0 radical (unpaired) electrons. The standard InChI is InChI=1S/C10H14N4O2/c1-14-3-2-7(6-14)13-9-5-11-8(4-12-9)10(15)16/h4-5,7H,2-3,6H2,1H3,(H,12,13)(H,15,16). The lowest BCUT2D eigenvalue weighted by Gasteiger charge is -2.12. The van der Waals surface area contributed by atoms with E-state index in [1.54, 1.807) is 0 Å². The highest BCUT2D eigenvalue weighted by atomic mass is 16.4. The highest BCUT2D eigenvalue weighted by Crippen LogP contribution is 2.11. The number of likely N-dealkylation sites (N-methyl/N-ethyl adjacent to an activating group) is 1. The Labute approximate surface area is 93.3 Å². The van der Waals surface area contributed by atoms with Gasteiger partial charge >= 0.3 is 5.97 Å². The summed E-state index contributed by atoms with van der Waals surface area (Å²) in [6.45, 7) is 2.04. The summed E-state index contributed by atoms with van der Waals surface area (Å²) in [7, 11) is 2.07. The third kappa shape index (κ3) is 2.46. The Bertz CT molecular complexity index is 379. The SMILES string of the molecule is CN1CCC(Nc2cnc(C(=O)O)cn2)C1. The number of aromatic nitrogens is 2. The molecule has 6 nitrogen and oxygen atoms in total. The van der Waals surface area contributed by atoms with Crippen LogP contribution in [0.1, 0.15) is 16.9 Å². The van der Waals surface area contributed by atoms with Gasteiger partial charge in [-0.15, -0.1) is 0 Å². The number of nitrogens with zero attached hydrogens (tertiary/aromatic N) is 3. The second-order valence-corrected chi connectivity index (χ2v) is 3.98. The quantitative estimate of drug-likeness (QED) is 0.765. The van der Waals surface area contributed by atoms with Crippen molar-refractivity contribution in [1.29, 1.82) is 0 Å². The van der Waals surface area contributed by atoms with Crippen molar-refractivity contribution in [3.05, 3.63) is 18.1 Å². The number of hydrogen-bond donors (Lipinski definition) is 2. The molecule has 16 heavy (non-hydrogen) atoms. The topological polar surface area (TPSA) is 78.4 Å². The van der Waals surface area contributed by atoms with Gasteiger partial charge in [0, 0.05) is 12.6 Å². The molecule has 0 amide bonds. The molecule has 86 valence electrons. The van der Waals surface area contributed by atoms with E-state index < -0.39 is 5.97 Å². The van der Waals surface area contributed by atoms with E-state index in [0.717, 1.165) is 19.5 Å². The Morgan fingerprint density at radius 1 is 1.56 bits per heavy atom. The van der Waals surface area contributed by atoms with Crippen molar-refractivity contribution in [2.75, 3.05) is 25.5 Å². The summed E-state index contributed by atoms with van der Waals surface area (Å²) in [5.74, 6) is -0.426. The van der Waals surface area contributed by atoms with Crippen LogP contribution in [-0.4, -0.2) is 52.1 Å². The molecule has 1 aliphatic heterocycles. The van der Waals surface area contributed by atoms with Crippen molar-refractivity contribution in [2.24, 2.45) is 0 Å².